The van der Waals surface area contributed by atoms with Gasteiger partial charge in [0.25, 0.3) is 0 Å². The van der Waals surface area contributed by atoms with Gasteiger partial charge in [-0.25, -0.2) is 4.39 Å². The third-order valence-electron chi connectivity index (χ3n) is 2.40. The van der Waals surface area contributed by atoms with Gasteiger partial charge in [-0.05, 0) is 41.4 Å². The molecule has 1 N–H and O–H groups in total. The van der Waals surface area contributed by atoms with Crippen LogP contribution in [0.25, 0.3) is 0 Å². The van der Waals surface area contributed by atoms with Crippen LogP contribution >= 0.6 is 15.9 Å². The minimum atomic E-state index is -1.02. The minimum absolute atomic E-state index is 0.143. The van der Waals surface area contributed by atoms with Crippen molar-refractivity contribution in [1.82, 2.24) is 0 Å². The van der Waals surface area contributed by atoms with E-state index in [1.54, 1.807) is 6.92 Å². The second-order valence-corrected chi connectivity index (χ2v) is 4.29. The van der Waals surface area contributed by atoms with Crippen molar-refractivity contribution in [2.45, 2.75) is 19.8 Å². The summed E-state index contributed by atoms with van der Waals surface area (Å²) in [5, 5.41) is 8.96. The van der Waals surface area contributed by atoms with Crippen molar-refractivity contribution in [1.29, 1.82) is 0 Å². The first kappa shape index (κ1) is 13.0. The number of carboxylic acids is 1. The lowest BCUT2D eigenvalue weighted by molar-refractivity contribution is -0.138. The summed E-state index contributed by atoms with van der Waals surface area (Å²) < 4.78 is 18.8. The summed E-state index contributed by atoms with van der Waals surface area (Å²) in [4.78, 5) is 10.9. The second kappa shape index (κ2) is 4.82. The Balaban J connectivity index is 3.50. The van der Waals surface area contributed by atoms with Crippen LogP contribution in [0.3, 0.4) is 0 Å². The van der Waals surface area contributed by atoms with E-state index in [4.69, 9.17) is 9.84 Å². The molecule has 5 heteroatoms. The summed E-state index contributed by atoms with van der Waals surface area (Å²) in [5.74, 6) is -1.94. The Bertz CT molecular complexity index is 432. The number of methoxy groups -OCH3 is 1. The number of aryl methyl sites for hydroxylation is 1. The molecule has 0 saturated carbocycles. The summed E-state index contributed by atoms with van der Waals surface area (Å²) >= 11 is 3.06. The summed E-state index contributed by atoms with van der Waals surface area (Å²) in [6.45, 7) is 3.16. The summed E-state index contributed by atoms with van der Waals surface area (Å²) in [5.41, 5.74) is 0.902. The van der Waals surface area contributed by atoms with Crippen molar-refractivity contribution in [3.05, 3.63) is 27.5 Å². The van der Waals surface area contributed by atoms with Crippen molar-refractivity contribution < 1.29 is 19.0 Å². The highest BCUT2D eigenvalue weighted by atomic mass is 79.9. The van der Waals surface area contributed by atoms with Gasteiger partial charge in [-0.1, -0.05) is 0 Å². The highest BCUT2D eigenvalue weighted by Crippen LogP contribution is 2.38. The SMILES string of the molecule is COc1c(C)cc(F)c(Br)c1C(C)C(=O)O. The Hall–Kier alpha value is -1.10. The first-order valence-corrected chi connectivity index (χ1v) is 5.44. The van der Waals surface area contributed by atoms with Gasteiger partial charge >= 0.3 is 5.97 Å². The van der Waals surface area contributed by atoms with Crippen LogP contribution in [0.4, 0.5) is 4.39 Å². The van der Waals surface area contributed by atoms with Gasteiger partial charge in [0.2, 0.25) is 0 Å². The highest BCUT2D eigenvalue weighted by Gasteiger charge is 2.24. The Morgan fingerprint density at radius 3 is 2.62 bits per heavy atom. The number of carbonyl (C=O) groups is 1. The normalized spacial score (nSPS) is 12.3. The Labute approximate surface area is 101 Å². The van der Waals surface area contributed by atoms with Crippen LogP contribution in [0, 0.1) is 12.7 Å². The van der Waals surface area contributed by atoms with Crippen LogP contribution in [0.1, 0.15) is 24.0 Å². The van der Waals surface area contributed by atoms with E-state index < -0.39 is 17.7 Å². The van der Waals surface area contributed by atoms with E-state index in [1.807, 2.05) is 0 Å². The number of benzene rings is 1. The molecule has 0 heterocycles. The fourth-order valence-corrected chi connectivity index (χ4v) is 2.18. The van der Waals surface area contributed by atoms with Gasteiger partial charge in [0.15, 0.2) is 0 Å². The molecule has 0 aliphatic heterocycles. The number of halogens is 2. The number of carboxylic acid groups (broad SMARTS) is 1. The molecule has 1 rings (SSSR count). The zero-order valence-electron chi connectivity index (χ0n) is 9.17. The zero-order valence-corrected chi connectivity index (χ0v) is 10.8. The number of rotatable bonds is 3. The van der Waals surface area contributed by atoms with Crippen LogP contribution in [-0.4, -0.2) is 18.2 Å². The van der Waals surface area contributed by atoms with Gasteiger partial charge in [-0.3, -0.25) is 4.79 Å². The van der Waals surface area contributed by atoms with Gasteiger partial charge in [0.05, 0.1) is 17.5 Å². The predicted octanol–water partition coefficient (Wildman–Crippen LogP) is 3.09. The molecular weight excluding hydrogens is 279 g/mol. The van der Waals surface area contributed by atoms with Gasteiger partial charge in [0.1, 0.15) is 11.6 Å². The third kappa shape index (κ3) is 2.19. The molecule has 0 amide bonds. The molecule has 0 aromatic heterocycles. The lowest BCUT2D eigenvalue weighted by Crippen LogP contribution is -2.11. The topological polar surface area (TPSA) is 46.5 Å². The van der Waals surface area contributed by atoms with Crippen LogP contribution in [0.5, 0.6) is 5.75 Å². The highest BCUT2D eigenvalue weighted by molar-refractivity contribution is 9.10. The molecule has 0 aliphatic rings. The number of ether oxygens (including phenoxy) is 1. The maximum Gasteiger partial charge on any atom is 0.310 e. The van der Waals surface area contributed by atoms with E-state index in [1.165, 1.54) is 20.1 Å². The molecular formula is C11H12BrFO3. The van der Waals surface area contributed by atoms with Crippen molar-refractivity contribution in [3.63, 3.8) is 0 Å². The standard InChI is InChI=1S/C11H12BrFO3/c1-5-4-7(13)9(12)8(10(5)16-3)6(2)11(14)15/h4,6H,1-3H3,(H,14,15). The van der Waals surface area contributed by atoms with E-state index in [2.05, 4.69) is 15.9 Å². The molecule has 0 fully saturated rings. The molecule has 0 radical (unpaired) electrons. The molecule has 1 aromatic carbocycles. The van der Waals surface area contributed by atoms with Gasteiger partial charge in [-0.2, -0.15) is 0 Å². The molecule has 3 nitrogen and oxygen atoms in total. The molecule has 0 bridgehead atoms. The van der Waals surface area contributed by atoms with Crippen molar-refractivity contribution in [2.75, 3.05) is 7.11 Å². The molecule has 0 spiro atoms. The van der Waals surface area contributed by atoms with E-state index in [0.717, 1.165) is 0 Å². The fourth-order valence-electron chi connectivity index (χ4n) is 1.54. The van der Waals surface area contributed by atoms with Gasteiger partial charge in [-0.15, -0.1) is 0 Å². The summed E-state index contributed by atoms with van der Waals surface area (Å²) in [6, 6.07) is 1.31. The Kier molecular flexibility index (Phi) is 3.91. The average Bonchev–Trinajstić information content (AvgIpc) is 2.21. The average molecular weight is 291 g/mol. The second-order valence-electron chi connectivity index (χ2n) is 3.50. The first-order chi connectivity index (χ1) is 7.40. The molecule has 0 saturated heterocycles. The fraction of sp³-hybridized carbons (Fsp3) is 0.364. The van der Waals surface area contributed by atoms with Crippen LogP contribution < -0.4 is 4.74 Å². The minimum Gasteiger partial charge on any atom is -0.496 e. The van der Waals surface area contributed by atoms with Gasteiger partial charge in [0, 0.05) is 5.56 Å². The lowest BCUT2D eigenvalue weighted by Gasteiger charge is -2.17. The van der Waals surface area contributed by atoms with Crippen molar-refractivity contribution >= 4 is 21.9 Å². The largest absolute Gasteiger partial charge is 0.496 e. The van der Waals surface area contributed by atoms with E-state index >= 15 is 0 Å². The molecule has 16 heavy (non-hydrogen) atoms. The third-order valence-corrected chi connectivity index (χ3v) is 3.21. The Morgan fingerprint density at radius 2 is 2.19 bits per heavy atom. The smallest absolute Gasteiger partial charge is 0.310 e. The quantitative estimate of drug-likeness (QED) is 0.930. The maximum atomic E-state index is 13.5. The maximum absolute atomic E-state index is 13.5. The van der Waals surface area contributed by atoms with E-state index in [0.29, 0.717) is 16.9 Å². The number of hydrogen-bond acceptors (Lipinski definition) is 2. The van der Waals surface area contributed by atoms with Crippen molar-refractivity contribution in [2.24, 2.45) is 0 Å². The van der Waals surface area contributed by atoms with Crippen LogP contribution in [0.15, 0.2) is 10.5 Å². The van der Waals surface area contributed by atoms with Crippen LogP contribution in [0.2, 0.25) is 0 Å². The van der Waals surface area contributed by atoms with E-state index in [-0.39, 0.29) is 4.47 Å². The molecule has 0 aliphatic carbocycles. The van der Waals surface area contributed by atoms with Crippen molar-refractivity contribution in [3.8, 4) is 5.75 Å². The molecule has 1 atom stereocenters. The summed E-state index contributed by atoms with van der Waals surface area (Å²) in [7, 11) is 1.44. The molecule has 1 unspecified atom stereocenters. The van der Waals surface area contributed by atoms with Gasteiger partial charge < -0.3 is 9.84 Å². The number of hydrogen-bond donors (Lipinski definition) is 1. The zero-order chi connectivity index (χ0) is 12.5. The monoisotopic (exact) mass is 290 g/mol. The van der Waals surface area contributed by atoms with Crippen LogP contribution in [-0.2, 0) is 4.79 Å². The molecule has 88 valence electrons. The number of aliphatic carboxylic acids is 1. The molecule has 1 aromatic rings. The van der Waals surface area contributed by atoms with E-state index in [9.17, 15) is 9.18 Å². The first-order valence-electron chi connectivity index (χ1n) is 4.65. The lowest BCUT2D eigenvalue weighted by atomic mass is 9.97. The predicted molar refractivity (Wildman–Crippen MR) is 61.4 cm³/mol. The summed E-state index contributed by atoms with van der Waals surface area (Å²) in [6.07, 6.45) is 0. The Morgan fingerprint density at radius 1 is 1.62 bits per heavy atom.